The number of urea groups is 1. The number of benzene rings is 3. The molecule has 0 spiro atoms. The molecule has 6 rings (SSSR count). The highest BCUT2D eigenvalue weighted by molar-refractivity contribution is 6.24. The van der Waals surface area contributed by atoms with E-state index in [9.17, 15) is 24.3 Å². The molecule has 43 heavy (non-hydrogen) atoms. The van der Waals surface area contributed by atoms with Gasteiger partial charge in [0.15, 0.2) is 0 Å². The van der Waals surface area contributed by atoms with Crippen molar-refractivity contribution in [1.82, 2.24) is 15.2 Å². The summed E-state index contributed by atoms with van der Waals surface area (Å²) in [6.07, 6.45) is 0.527. The molecule has 1 aromatic heterocycles. The van der Waals surface area contributed by atoms with Crippen molar-refractivity contribution in [2.24, 2.45) is 5.92 Å². The first-order valence-corrected chi connectivity index (χ1v) is 14.2. The molecular formula is C33H32N4O6. The van der Waals surface area contributed by atoms with Gasteiger partial charge in [0.25, 0.3) is 11.8 Å². The van der Waals surface area contributed by atoms with Crippen molar-refractivity contribution in [2.75, 3.05) is 12.0 Å². The lowest BCUT2D eigenvalue weighted by Crippen LogP contribution is -2.44. The highest BCUT2D eigenvalue weighted by Crippen LogP contribution is 2.45. The van der Waals surface area contributed by atoms with Crippen LogP contribution in [0, 0.1) is 5.92 Å². The molecule has 3 unspecified atom stereocenters. The largest absolute Gasteiger partial charge is 0.497 e. The molecule has 0 radical (unpaired) electrons. The normalized spacial score (nSPS) is 18.5. The average molecular weight is 581 g/mol. The maximum atomic E-state index is 14.3. The fraction of sp³-hybridized carbons (Fsp3) is 0.273. The quantitative estimate of drug-likeness (QED) is 0.254. The number of H-pyrrole nitrogens is 1. The molecule has 4 aromatic rings. The minimum absolute atomic E-state index is 0.0241. The van der Waals surface area contributed by atoms with Gasteiger partial charge in [-0.15, -0.1) is 0 Å². The lowest BCUT2D eigenvalue weighted by atomic mass is 9.89. The molecule has 4 amide bonds. The topological polar surface area (TPSA) is 132 Å². The number of amides is 4. The number of aromatic amines is 1. The van der Waals surface area contributed by atoms with Crippen LogP contribution < -0.4 is 15.0 Å². The Kier molecular flexibility index (Phi) is 7.13. The molecule has 10 heteroatoms. The molecule has 3 atom stereocenters. The first-order valence-electron chi connectivity index (χ1n) is 14.2. The number of anilines is 1. The standard InChI is InChI=1S/C33H32N4O6/c1-18(2)15-25(32(40)41)35-30(38)22-12-5-7-14-26(22)37-31(39)27-17-23-21-11-4-6-13-24(21)34-28(23)29(36(27)33(37)42)19-9-8-10-20(16-19)43-3/h4-14,16,18,25,27,29,34H,15,17H2,1-3H3,(H,35,38)(H,40,41). The maximum absolute atomic E-state index is 14.3. The smallest absolute Gasteiger partial charge is 0.332 e. The lowest BCUT2D eigenvalue weighted by Gasteiger charge is -2.36. The summed E-state index contributed by atoms with van der Waals surface area (Å²) in [4.78, 5) is 59.9. The predicted molar refractivity (Wildman–Crippen MR) is 160 cm³/mol. The second-order valence-electron chi connectivity index (χ2n) is 11.3. The molecule has 0 saturated carbocycles. The summed E-state index contributed by atoms with van der Waals surface area (Å²) in [7, 11) is 1.57. The molecule has 3 N–H and O–H groups in total. The van der Waals surface area contributed by atoms with E-state index >= 15 is 0 Å². The van der Waals surface area contributed by atoms with Crippen LogP contribution in [0.4, 0.5) is 10.5 Å². The summed E-state index contributed by atoms with van der Waals surface area (Å²) in [6, 6.07) is 18.4. The molecule has 220 valence electrons. The summed E-state index contributed by atoms with van der Waals surface area (Å²) in [5, 5.41) is 13.2. The van der Waals surface area contributed by atoms with Crippen molar-refractivity contribution in [3.8, 4) is 5.75 Å². The zero-order valence-corrected chi connectivity index (χ0v) is 24.0. The summed E-state index contributed by atoms with van der Waals surface area (Å²) >= 11 is 0. The van der Waals surface area contributed by atoms with E-state index in [-0.39, 0.29) is 23.6 Å². The fourth-order valence-electron chi connectivity index (χ4n) is 6.24. The number of carbonyl (C=O) groups is 4. The number of imide groups is 1. The van der Waals surface area contributed by atoms with Crippen LogP contribution in [-0.2, 0) is 16.0 Å². The van der Waals surface area contributed by atoms with Crippen LogP contribution in [0.2, 0.25) is 0 Å². The van der Waals surface area contributed by atoms with E-state index in [0.717, 1.165) is 32.6 Å². The van der Waals surface area contributed by atoms with E-state index in [1.165, 1.54) is 12.1 Å². The minimum Gasteiger partial charge on any atom is -0.497 e. The van der Waals surface area contributed by atoms with Crippen LogP contribution in [0.1, 0.15) is 53.5 Å². The molecule has 2 aliphatic heterocycles. The van der Waals surface area contributed by atoms with Crippen molar-refractivity contribution in [2.45, 2.75) is 44.8 Å². The summed E-state index contributed by atoms with van der Waals surface area (Å²) in [6.45, 7) is 3.73. The van der Waals surface area contributed by atoms with Crippen molar-refractivity contribution in [3.63, 3.8) is 0 Å². The average Bonchev–Trinajstić information content (AvgIpc) is 3.49. The number of para-hydroxylation sites is 2. The minimum atomic E-state index is -1.15. The predicted octanol–water partition coefficient (Wildman–Crippen LogP) is 4.89. The third-order valence-corrected chi connectivity index (χ3v) is 8.16. The van der Waals surface area contributed by atoms with E-state index in [2.05, 4.69) is 10.3 Å². The number of nitrogens with zero attached hydrogens (tertiary/aromatic N) is 2. The van der Waals surface area contributed by atoms with Gasteiger partial charge in [-0.05, 0) is 53.8 Å². The van der Waals surface area contributed by atoms with Crippen molar-refractivity contribution in [1.29, 1.82) is 0 Å². The van der Waals surface area contributed by atoms with Crippen LogP contribution in [0.3, 0.4) is 0 Å². The van der Waals surface area contributed by atoms with E-state index in [0.29, 0.717) is 12.2 Å². The number of carboxylic acid groups (broad SMARTS) is 1. The number of nitrogens with one attached hydrogen (secondary N) is 2. The van der Waals surface area contributed by atoms with Gasteiger partial charge in [-0.2, -0.15) is 0 Å². The molecule has 3 heterocycles. The number of hydrogen-bond donors (Lipinski definition) is 3. The second kappa shape index (κ2) is 10.9. The van der Waals surface area contributed by atoms with Crippen molar-refractivity contribution < 1.29 is 29.0 Å². The maximum Gasteiger partial charge on any atom is 0.332 e. The molecule has 0 bridgehead atoms. The second-order valence-corrected chi connectivity index (χ2v) is 11.3. The number of rotatable bonds is 8. The SMILES string of the molecule is COc1cccc(C2c3[nH]c4ccccc4c3CC3C(=O)N(c4ccccc4C(=O)NC(CC(C)C)C(=O)O)C(=O)N32)c1. The number of fused-ring (bicyclic) bond motifs is 4. The van der Waals surface area contributed by atoms with Crippen LogP contribution in [-0.4, -0.2) is 58.0 Å². The van der Waals surface area contributed by atoms with E-state index in [4.69, 9.17) is 4.74 Å². The van der Waals surface area contributed by atoms with Gasteiger partial charge >= 0.3 is 12.0 Å². The Labute approximate surface area is 248 Å². The zero-order valence-electron chi connectivity index (χ0n) is 24.0. The lowest BCUT2D eigenvalue weighted by molar-refractivity contribution is -0.139. The zero-order chi connectivity index (χ0) is 30.4. The van der Waals surface area contributed by atoms with Crippen LogP contribution in [0.15, 0.2) is 72.8 Å². The highest BCUT2D eigenvalue weighted by atomic mass is 16.5. The van der Waals surface area contributed by atoms with E-state index in [1.54, 1.807) is 24.1 Å². The van der Waals surface area contributed by atoms with Gasteiger partial charge in [0.2, 0.25) is 0 Å². The van der Waals surface area contributed by atoms with Crippen molar-refractivity contribution in [3.05, 3.63) is 95.2 Å². The fourth-order valence-corrected chi connectivity index (χ4v) is 6.24. The Hall–Kier alpha value is -5.12. The van der Waals surface area contributed by atoms with Gasteiger partial charge in [-0.1, -0.05) is 56.3 Å². The van der Waals surface area contributed by atoms with Gasteiger partial charge in [0.1, 0.15) is 23.9 Å². The molecule has 2 aliphatic rings. The Balaban J connectivity index is 1.43. The first-order chi connectivity index (χ1) is 20.7. The number of carboxylic acids is 1. The van der Waals surface area contributed by atoms with Crippen LogP contribution in [0.25, 0.3) is 10.9 Å². The Morgan fingerprint density at radius 2 is 1.79 bits per heavy atom. The van der Waals surface area contributed by atoms with Gasteiger partial charge in [-0.25, -0.2) is 14.5 Å². The molecule has 1 saturated heterocycles. The number of carbonyl (C=O) groups excluding carboxylic acids is 3. The third kappa shape index (κ3) is 4.78. The van der Waals surface area contributed by atoms with Crippen LogP contribution >= 0.6 is 0 Å². The molecule has 10 nitrogen and oxygen atoms in total. The molecule has 3 aromatic carbocycles. The number of ether oxygens (including phenoxy) is 1. The summed E-state index contributed by atoms with van der Waals surface area (Å²) in [5.74, 6) is -1.64. The third-order valence-electron chi connectivity index (χ3n) is 8.16. The van der Waals surface area contributed by atoms with E-state index in [1.807, 2.05) is 62.4 Å². The molecule has 1 fully saturated rings. The Morgan fingerprint density at radius 3 is 2.53 bits per heavy atom. The Morgan fingerprint density at radius 1 is 1.05 bits per heavy atom. The Bertz CT molecular complexity index is 1760. The number of hydrogen-bond acceptors (Lipinski definition) is 5. The van der Waals surface area contributed by atoms with Crippen LogP contribution in [0.5, 0.6) is 5.75 Å². The summed E-state index contributed by atoms with van der Waals surface area (Å²) < 4.78 is 5.48. The van der Waals surface area contributed by atoms with Gasteiger partial charge < -0.3 is 20.1 Å². The van der Waals surface area contributed by atoms with Crippen molar-refractivity contribution >= 4 is 40.4 Å². The molecular weight excluding hydrogens is 548 g/mol. The number of methoxy groups -OCH3 is 1. The number of aromatic nitrogens is 1. The first kappa shape index (κ1) is 28.0. The highest BCUT2D eigenvalue weighted by Gasteiger charge is 2.53. The van der Waals surface area contributed by atoms with Gasteiger partial charge in [0, 0.05) is 23.0 Å². The number of aliphatic carboxylic acids is 1. The van der Waals surface area contributed by atoms with E-state index < -0.39 is 41.9 Å². The summed E-state index contributed by atoms with van der Waals surface area (Å²) in [5.41, 5.74) is 3.60. The van der Waals surface area contributed by atoms with Gasteiger partial charge in [0.05, 0.1) is 18.4 Å². The molecule has 0 aliphatic carbocycles. The van der Waals surface area contributed by atoms with Gasteiger partial charge in [-0.3, -0.25) is 14.5 Å². The monoisotopic (exact) mass is 580 g/mol.